The molecule has 0 radical (unpaired) electrons. The molecule has 0 saturated heterocycles. The van der Waals surface area contributed by atoms with Crippen LogP contribution in [0, 0.1) is 0 Å². The van der Waals surface area contributed by atoms with Crippen LogP contribution in [0.1, 0.15) is 0 Å². The van der Waals surface area contributed by atoms with Crippen LogP contribution in [0.15, 0.2) is 143 Å². The quantitative estimate of drug-likeness (QED) is 0.193. The average molecular weight is 619 g/mol. The van der Waals surface area contributed by atoms with Gasteiger partial charge in [0.05, 0.1) is 0 Å². The maximum atomic E-state index is 6.17. The summed E-state index contributed by atoms with van der Waals surface area (Å²) >= 11 is 1.85. The van der Waals surface area contributed by atoms with Crippen molar-refractivity contribution >= 4 is 96.9 Å². The van der Waals surface area contributed by atoms with Gasteiger partial charge in [0.15, 0.2) is 0 Å². The standard InChI is InChI=1S/C42H22N2O2S/c1-3-7-37-25(5-1)31-17-23(9-11-39(31)45-37)29-19-33-34-20-30(24-10-12-40-32(18-24)26-6-2-4-8-38(26)46-40)36-22-44-16-14-28(36)42(34)47-41(33)27-13-15-43-21-35(27)29/h1-22H. The molecule has 0 bridgehead atoms. The van der Waals surface area contributed by atoms with Gasteiger partial charge in [-0.2, -0.15) is 0 Å². The van der Waals surface area contributed by atoms with Gasteiger partial charge in [0.1, 0.15) is 22.3 Å². The minimum absolute atomic E-state index is 0.895. The number of nitrogens with zero attached hydrogens (tertiary/aromatic N) is 2. The molecular formula is C42H22N2O2S. The van der Waals surface area contributed by atoms with Crippen LogP contribution in [0.25, 0.3) is 108 Å². The van der Waals surface area contributed by atoms with Gasteiger partial charge in [0, 0.05) is 88.0 Å². The maximum absolute atomic E-state index is 6.17. The molecule has 0 aliphatic rings. The summed E-state index contributed by atoms with van der Waals surface area (Å²) in [5.41, 5.74) is 8.21. The van der Waals surface area contributed by atoms with E-state index in [1.165, 1.54) is 30.9 Å². The zero-order valence-corrected chi connectivity index (χ0v) is 25.6. The number of aromatic nitrogens is 2. The van der Waals surface area contributed by atoms with Crippen LogP contribution < -0.4 is 0 Å². The van der Waals surface area contributed by atoms with Gasteiger partial charge in [0.25, 0.3) is 0 Å². The first kappa shape index (κ1) is 25.2. The molecule has 0 saturated carbocycles. The molecule has 11 rings (SSSR count). The SMILES string of the molecule is c1ccc2c(c1)oc1ccc(-c3cc4c5cc(-c6ccc7oc8ccccc8c7c6)c6cnccc6c5sc4c4ccncc34)cc12. The lowest BCUT2D eigenvalue weighted by atomic mass is 9.93. The van der Waals surface area contributed by atoms with Crippen molar-refractivity contribution < 1.29 is 8.83 Å². The third-order valence-electron chi connectivity index (χ3n) is 9.65. The van der Waals surface area contributed by atoms with Crippen LogP contribution in [0.2, 0.25) is 0 Å². The van der Waals surface area contributed by atoms with Crippen LogP contribution in [-0.2, 0) is 0 Å². The van der Waals surface area contributed by atoms with E-state index in [2.05, 4.69) is 94.9 Å². The molecule has 0 amide bonds. The Morgan fingerprint density at radius 3 is 1.36 bits per heavy atom. The van der Waals surface area contributed by atoms with Crippen LogP contribution in [0.3, 0.4) is 0 Å². The Hall–Kier alpha value is -6.04. The first-order valence-electron chi connectivity index (χ1n) is 15.6. The molecule has 218 valence electrons. The van der Waals surface area contributed by atoms with Gasteiger partial charge in [-0.3, -0.25) is 9.97 Å². The lowest BCUT2D eigenvalue weighted by Crippen LogP contribution is -1.85. The number of hydrogen-bond acceptors (Lipinski definition) is 5. The number of rotatable bonds is 2. The average Bonchev–Trinajstić information content (AvgIpc) is 3.82. The molecule has 5 heteroatoms. The molecule has 0 aliphatic heterocycles. The highest BCUT2D eigenvalue weighted by atomic mass is 32.1. The number of benzene rings is 6. The van der Waals surface area contributed by atoms with Crippen LogP contribution in [-0.4, -0.2) is 9.97 Å². The third kappa shape index (κ3) is 3.52. The second kappa shape index (κ2) is 9.25. The molecule has 0 spiro atoms. The van der Waals surface area contributed by atoms with Gasteiger partial charge in [-0.1, -0.05) is 48.5 Å². The molecule has 11 aromatic rings. The first-order valence-corrected chi connectivity index (χ1v) is 16.4. The summed E-state index contributed by atoms with van der Waals surface area (Å²) in [6, 6.07) is 38.6. The zero-order valence-electron chi connectivity index (χ0n) is 24.8. The van der Waals surface area contributed by atoms with E-state index in [1.807, 2.05) is 60.4 Å². The van der Waals surface area contributed by atoms with Gasteiger partial charge in [-0.05, 0) is 82.9 Å². The van der Waals surface area contributed by atoms with Crippen molar-refractivity contribution in [2.75, 3.05) is 0 Å². The topological polar surface area (TPSA) is 52.1 Å². The Bertz CT molecular complexity index is 2880. The van der Waals surface area contributed by atoms with Gasteiger partial charge in [0.2, 0.25) is 0 Å². The molecule has 0 atom stereocenters. The first-order chi connectivity index (χ1) is 23.3. The Kier molecular flexibility index (Phi) is 4.96. The van der Waals surface area contributed by atoms with E-state index in [0.717, 1.165) is 76.9 Å². The van der Waals surface area contributed by atoms with Crippen molar-refractivity contribution in [3.05, 3.63) is 134 Å². The number of hydrogen-bond donors (Lipinski definition) is 0. The molecule has 0 fully saturated rings. The van der Waals surface area contributed by atoms with Gasteiger partial charge in [-0.25, -0.2) is 0 Å². The fourth-order valence-corrected chi connectivity index (χ4v) is 8.80. The lowest BCUT2D eigenvalue weighted by molar-refractivity contribution is 0.668. The van der Waals surface area contributed by atoms with Crippen LogP contribution in [0.4, 0.5) is 0 Å². The van der Waals surface area contributed by atoms with E-state index < -0.39 is 0 Å². The van der Waals surface area contributed by atoms with Crippen molar-refractivity contribution in [1.82, 2.24) is 9.97 Å². The van der Waals surface area contributed by atoms with Gasteiger partial charge in [-0.15, -0.1) is 11.3 Å². The molecule has 5 heterocycles. The predicted octanol–water partition coefficient (Wildman–Crippen LogP) is 12.3. The van der Waals surface area contributed by atoms with Crippen molar-refractivity contribution in [2.45, 2.75) is 0 Å². The highest BCUT2D eigenvalue weighted by Gasteiger charge is 2.19. The van der Waals surface area contributed by atoms with E-state index in [4.69, 9.17) is 8.83 Å². The fourth-order valence-electron chi connectivity index (χ4n) is 7.47. The number of pyridine rings is 2. The second-order valence-electron chi connectivity index (χ2n) is 12.2. The largest absolute Gasteiger partial charge is 0.456 e. The van der Waals surface area contributed by atoms with E-state index in [-0.39, 0.29) is 0 Å². The zero-order chi connectivity index (χ0) is 30.6. The third-order valence-corrected chi connectivity index (χ3v) is 10.9. The van der Waals surface area contributed by atoms with E-state index in [9.17, 15) is 0 Å². The summed E-state index contributed by atoms with van der Waals surface area (Å²) in [5.74, 6) is 0. The molecule has 0 N–H and O–H groups in total. The van der Waals surface area contributed by atoms with Crippen LogP contribution in [0.5, 0.6) is 0 Å². The highest BCUT2D eigenvalue weighted by Crippen LogP contribution is 2.47. The lowest BCUT2D eigenvalue weighted by Gasteiger charge is -2.10. The Morgan fingerprint density at radius 2 is 0.851 bits per heavy atom. The smallest absolute Gasteiger partial charge is 0.135 e. The number of furan rings is 2. The minimum atomic E-state index is 0.895. The van der Waals surface area contributed by atoms with E-state index in [1.54, 1.807) is 0 Å². The molecule has 0 aliphatic carbocycles. The molecule has 0 unspecified atom stereocenters. The summed E-state index contributed by atoms with van der Waals surface area (Å²) in [4.78, 5) is 9.16. The highest BCUT2D eigenvalue weighted by molar-refractivity contribution is 7.27. The van der Waals surface area contributed by atoms with Crippen molar-refractivity contribution in [2.24, 2.45) is 0 Å². The monoisotopic (exact) mass is 618 g/mol. The van der Waals surface area contributed by atoms with Gasteiger partial charge < -0.3 is 8.83 Å². The molecule has 6 aromatic carbocycles. The van der Waals surface area contributed by atoms with E-state index in [0.29, 0.717) is 0 Å². The molecule has 47 heavy (non-hydrogen) atoms. The summed E-state index contributed by atoms with van der Waals surface area (Å²) in [7, 11) is 0. The van der Waals surface area contributed by atoms with Gasteiger partial charge >= 0.3 is 0 Å². The minimum Gasteiger partial charge on any atom is -0.456 e. The fraction of sp³-hybridized carbons (Fsp3) is 0. The molecular weight excluding hydrogens is 597 g/mol. The number of thiophene rings is 1. The second-order valence-corrected chi connectivity index (χ2v) is 13.2. The Labute approximate surface area is 271 Å². The van der Waals surface area contributed by atoms with Crippen molar-refractivity contribution in [1.29, 1.82) is 0 Å². The normalized spacial score (nSPS) is 12.3. The van der Waals surface area contributed by atoms with Crippen molar-refractivity contribution in [3.8, 4) is 22.3 Å². The summed E-state index contributed by atoms with van der Waals surface area (Å²) in [6.07, 6.45) is 7.81. The van der Waals surface area contributed by atoms with Crippen molar-refractivity contribution in [3.63, 3.8) is 0 Å². The molecule has 4 nitrogen and oxygen atoms in total. The number of fused-ring (bicyclic) bond motifs is 13. The summed E-state index contributed by atoms with van der Waals surface area (Å²) in [6.45, 7) is 0. The van der Waals surface area contributed by atoms with E-state index >= 15 is 0 Å². The van der Waals surface area contributed by atoms with Crippen LogP contribution >= 0.6 is 11.3 Å². The Balaban J connectivity index is 1.22. The molecule has 5 aromatic heterocycles. The maximum Gasteiger partial charge on any atom is 0.135 e. The summed E-state index contributed by atoms with van der Waals surface area (Å²) in [5, 5.41) is 11.7. The predicted molar refractivity (Wildman–Crippen MR) is 195 cm³/mol. The Morgan fingerprint density at radius 1 is 0.383 bits per heavy atom. The number of para-hydroxylation sites is 2. The summed E-state index contributed by atoms with van der Waals surface area (Å²) < 4.78 is 14.9.